The number of rotatable bonds is 3. The van der Waals surface area contributed by atoms with Crippen molar-refractivity contribution in [1.29, 1.82) is 0 Å². The maximum atomic E-state index is 15.2. The van der Waals surface area contributed by atoms with Gasteiger partial charge in [0.15, 0.2) is 5.82 Å². The van der Waals surface area contributed by atoms with Crippen LogP contribution in [0.25, 0.3) is 22.2 Å². The van der Waals surface area contributed by atoms with Crippen LogP contribution in [0.3, 0.4) is 0 Å². The summed E-state index contributed by atoms with van der Waals surface area (Å²) in [6.07, 6.45) is 4.30. The molecule has 1 saturated carbocycles. The van der Waals surface area contributed by atoms with E-state index < -0.39 is 32.9 Å². The third kappa shape index (κ3) is 3.37. The van der Waals surface area contributed by atoms with E-state index in [9.17, 15) is 17.9 Å². The van der Waals surface area contributed by atoms with E-state index in [0.717, 1.165) is 18.3 Å². The van der Waals surface area contributed by atoms with Gasteiger partial charge in [-0.15, -0.1) is 0 Å². The van der Waals surface area contributed by atoms with Gasteiger partial charge < -0.3 is 10.1 Å². The number of nitrogens with one attached hydrogen (secondary N) is 1. The highest BCUT2D eigenvalue weighted by Gasteiger charge is 2.62. The number of aromatic nitrogens is 2. The Hall–Kier alpha value is -2.43. The second kappa shape index (κ2) is 7.29. The molecule has 3 aromatic rings. The third-order valence-electron chi connectivity index (χ3n) is 7.80. The van der Waals surface area contributed by atoms with Gasteiger partial charge in [0.1, 0.15) is 27.1 Å². The molecule has 2 saturated heterocycles. The highest BCUT2D eigenvalue weighted by Crippen LogP contribution is 2.60. The number of aromatic amines is 1. The molecule has 4 heterocycles. The van der Waals surface area contributed by atoms with E-state index in [-0.39, 0.29) is 58.0 Å². The molecule has 34 heavy (non-hydrogen) atoms. The predicted octanol–water partition coefficient (Wildman–Crippen LogP) is 3.51. The molecule has 10 heteroatoms. The van der Waals surface area contributed by atoms with Gasteiger partial charge in [-0.3, -0.25) is 4.90 Å². The topological polar surface area (TPSA) is 86.3 Å². The Morgan fingerprint density at radius 2 is 1.71 bits per heavy atom. The summed E-state index contributed by atoms with van der Waals surface area (Å²) in [5, 5.41) is 11.3. The van der Waals surface area contributed by atoms with Crippen LogP contribution in [0.4, 0.5) is 13.2 Å². The van der Waals surface area contributed by atoms with Crippen molar-refractivity contribution >= 4 is 20.9 Å². The molecule has 0 radical (unpaired) electrons. The molecule has 6 nitrogen and oxygen atoms in total. The molecule has 2 N–H and O–H groups in total. The number of fused-ring (bicyclic) bond motifs is 1. The highest BCUT2D eigenvalue weighted by atomic mass is 32.2. The van der Waals surface area contributed by atoms with Crippen LogP contribution in [-0.2, 0) is 15.4 Å². The lowest BCUT2D eigenvalue weighted by Gasteiger charge is -2.64. The molecule has 6 rings (SSSR count). The smallest absolute Gasteiger partial charge is 0.150 e. The monoisotopic (exact) mass is 491 g/mol. The van der Waals surface area contributed by atoms with Gasteiger partial charge >= 0.3 is 0 Å². The van der Waals surface area contributed by atoms with Crippen molar-refractivity contribution in [1.82, 2.24) is 14.9 Å². The zero-order chi connectivity index (χ0) is 23.9. The Balaban J connectivity index is 1.21. The summed E-state index contributed by atoms with van der Waals surface area (Å²) in [6.45, 7) is 1.40. The number of hydrogen-bond donors (Lipinski definition) is 2. The Bertz CT molecular complexity index is 1370. The second-order valence-corrected chi connectivity index (χ2v) is 12.5. The number of halogens is 3. The number of H-pyrrole nitrogens is 1. The van der Waals surface area contributed by atoms with Gasteiger partial charge in [0, 0.05) is 36.9 Å². The van der Waals surface area contributed by atoms with E-state index in [1.165, 1.54) is 12.3 Å². The summed E-state index contributed by atoms with van der Waals surface area (Å²) >= 11 is 0. The van der Waals surface area contributed by atoms with E-state index in [4.69, 9.17) is 0 Å². The number of aliphatic hydroxyl groups is 1. The quantitative estimate of drug-likeness (QED) is 0.586. The molecule has 1 aromatic carbocycles. The van der Waals surface area contributed by atoms with Crippen LogP contribution in [0.5, 0.6) is 0 Å². The minimum Gasteiger partial charge on any atom is -0.385 e. The highest BCUT2D eigenvalue weighted by molar-refractivity contribution is 7.91. The lowest BCUT2D eigenvalue weighted by atomic mass is 9.53. The first kappa shape index (κ1) is 22.1. The average molecular weight is 492 g/mol. The molecule has 0 unspecified atom stereocenters. The molecule has 0 atom stereocenters. The van der Waals surface area contributed by atoms with Crippen LogP contribution in [0.2, 0.25) is 0 Å². The minimum atomic E-state index is -2.93. The van der Waals surface area contributed by atoms with Gasteiger partial charge in [-0.2, -0.15) is 0 Å². The Morgan fingerprint density at radius 3 is 2.35 bits per heavy atom. The fraction of sp³-hybridized carbons (Fsp3) is 0.458. The van der Waals surface area contributed by atoms with Crippen LogP contribution in [0, 0.1) is 22.9 Å². The lowest BCUT2D eigenvalue weighted by molar-refractivity contribution is -0.206. The lowest BCUT2D eigenvalue weighted by Crippen LogP contribution is -2.69. The van der Waals surface area contributed by atoms with Crippen LogP contribution in [0.15, 0.2) is 30.6 Å². The van der Waals surface area contributed by atoms with Gasteiger partial charge in [0.05, 0.1) is 28.1 Å². The van der Waals surface area contributed by atoms with Crippen molar-refractivity contribution in [2.75, 3.05) is 24.6 Å². The van der Waals surface area contributed by atoms with Gasteiger partial charge in [0.2, 0.25) is 0 Å². The summed E-state index contributed by atoms with van der Waals surface area (Å²) in [7, 11) is -2.93. The summed E-state index contributed by atoms with van der Waals surface area (Å²) < 4.78 is 67.9. The number of hydrogen-bond acceptors (Lipinski definition) is 5. The summed E-state index contributed by atoms with van der Waals surface area (Å²) in [5.41, 5.74) is -1.37. The Morgan fingerprint density at radius 1 is 1.06 bits per heavy atom. The maximum Gasteiger partial charge on any atom is 0.150 e. The van der Waals surface area contributed by atoms with Crippen molar-refractivity contribution in [3.63, 3.8) is 0 Å². The Labute approximate surface area is 194 Å². The standard InChI is InChI=1S/C24H24F3N3O3S/c25-17-7-14(16-1-4-28-22-20(16)19(27)9-29-22)8-18(26)21(17)24(31)10-23(11-24)12-30(13-23)15-2-5-34(32,33)6-3-15/h1,4,7-9,15,31H,2-3,5-6,10-13H2,(H,28,29). The number of pyridine rings is 1. The van der Waals surface area contributed by atoms with Crippen molar-refractivity contribution in [2.45, 2.75) is 37.3 Å². The van der Waals surface area contributed by atoms with E-state index >= 15 is 8.78 Å². The molecule has 2 aromatic heterocycles. The number of likely N-dealkylation sites (tertiary alicyclic amines) is 1. The predicted molar refractivity (Wildman–Crippen MR) is 120 cm³/mol. The molecule has 1 aliphatic carbocycles. The zero-order valence-corrected chi connectivity index (χ0v) is 19.1. The van der Waals surface area contributed by atoms with E-state index in [2.05, 4.69) is 14.9 Å². The van der Waals surface area contributed by atoms with Crippen LogP contribution >= 0.6 is 0 Å². The SMILES string of the molecule is O=S1(=O)CCC(N2CC3(C2)CC(O)(c2c(F)cc(-c4ccnc5[nH]cc(F)c45)cc2F)C3)CC1. The van der Waals surface area contributed by atoms with Gasteiger partial charge in [0.25, 0.3) is 0 Å². The first-order chi connectivity index (χ1) is 16.1. The van der Waals surface area contributed by atoms with Crippen molar-refractivity contribution < 1.29 is 26.7 Å². The largest absolute Gasteiger partial charge is 0.385 e. The molecule has 3 aliphatic rings. The number of sulfone groups is 1. The maximum absolute atomic E-state index is 15.2. The Kier molecular flexibility index (Phi) is 4.73. The van der Waals surface area contributed by atoms with Crippen LogP contribution in [-0.4, -0.2) is 59.0 Å². The van der Waals surface area contributed by atoms with E-state index in [1.54, 1.807) is 0 Å². The molecular formula is C24H24F3N3O3S. The van der Waals surface area contributed by atoms with Gasteiger partial charge in [-0.25, -0.2) is 26.6 Å². The fourth-order valence-corrected chi connectivity index (χ4v) is 7.80. The fourth-order valence-electron chi connectivity index (χ4n) is 6.34. The molecule has 0 amide bonds. The summed E-state index contributed by atoms with van der Waals surface area (Å²) in [4.78, 5) is 8.95. The number of nitrogens with zero attached hydrogens (tertiary/aromatic N) is 2. The third-order valence-corrected chi connectivity index (χ3v) is 9.51. The number of benzene rings is 1. The molecule has 0 bridgehead atoms. The normalized spacial score (nSPS) is 23.6. The van der Waals surface area contributed by atoms with Crippen molar-refractivity contribution in [2.24, 2.45) is 5.41 Å². The average Bonchev–Trinajstić information content (AvgIpc) is 3.11. The molecule has 1 spiro atoms. The summed E-state index contributed by atoms with van der Waals surface area (Å²) in [6, 6.07) is 3.98. The van der Waals surface area contributed by atoms with Crippen LogP contribution < -0.4 is 0 Å². The summed E-state index contributed by atoms with van der Waals surface area (Å²) in [5.74, 6) is -1.88. The van der Waals surface area contributed by atoms with E-state index in [1.807, 2.05) is 0 Å². The van der Waals surface area contributed by atoms with Gasteiger partial charge in [-0.1, -0.05) is 0 Å². The van der Waals surface area contributed by atoms with Crippen molar-refractivity contribution in [3.05, 3.63) is 53.6 Å². The molecular weight excluding hydrogens is 467 g/mol. The first-order valence-corrected chi connectivity index (χ1v) is 13.2. The molecule has 180 valence electrons. The van der Waals surface area contributed by atoms with Gasteiger partial charge in [-0.05, 0) is 55.0 Å². The minimum absolute atomic E-state index is 0.153. The van der Waals surface area contributed by atoms with Crippen LogP contribution in [0.1, 0.15) is 31.2 Å². The first-order valence-electron chi connectivity index (χ1n) is 11.4. The van der Waals surface area contributed by atoms with Crippen molar-refractivity contribution in [3.8, 4) is 11.1 Å². The molecule has 2 aliphatic heterocycles. The van der Waals surface area contributed by atoms with E-state index in [0.29, 0.717) is 31.5 Å². The molecule has 3 fully saturated rings. The zero-order valence-electron chi connectivity index (χ0n) is 18.3. The second-order valence-electron chi connectivity index (χ2n) is 10.2.